The van der Waals surface area contributed by atoms with E-state index in [0.29, 0.717) is 0 Å². The molecule has 0 heterocycles. The molecule has 0 fully saturated rings. The van der Waals surface area contributed by atoms with Crippen molar-refractivity contribution in [1.82, 2.24) is 0 Å². The van der Waals surface area contributed by atoms with Crippen LogP contribution in [0.1, 0.15) is 32.6 Å². The largest absolute Gasteiger partial charge is 1.00 e. The van der Waals surface area contributed by atoms with Gasteiger partial charge in [-0.15, -0.1) is 0 Å². The first-order chi connectivity index (χ1) is 13.0. The monoisotopic (exact) mass is 496 g/mol. The molecule has 0 amide bonds. The average molecular weight is 496 g/mol. The SMILES string of the molecule is CCO.O=C(O)CC(O)(CC(=O)O)C(=O)O.O=C([O-])CC(O)(CC(=O)[O-])C(=O)[O-].[Na+].[Na+].[Na+]. The minimum Gasteiger partial charge on any atom is -0.550 e. The molecular weight excluding hydrogens is 477 g/mol. The number of hydrogen-bond acceptors (Lipinski definition) is 12. The quantitative estimate of drug-likeness (QED) is 0.153. The predicted molar refractivity (Wildman–Crippen MR) is 79.1 cm³/mol. The van der Waals surface area contributed by atoms with Crippen LogP contribution in [-0.4, -0.2) is 84.3 Å². The van der Waals surface area contributed by atoms with Crippen molar-refractivity contribution in [2.45, 2.75) is 43.8 Å². The second-order valence-electron chi connectivity index (χ2n) is 5.21. The Morgan fingerprint density at radius 1 is 0.656 bits per heavy atom. The van der Waals surface area contributed by atoms with Gasteiger partial charge in [0.05, 0.1) is 18.8 Å². The van der Waals surface area contributed by atoms with Gasteiger partial charge in [-0.05, 0) is 6.92 Å². The number of carbonyl (C=O) groups is 6. The number of carboxylic acids is 6. The fraction of sp³-hybridized carbons (Fsp3) is 0.571. The molecule has 0 radical (unpaired) electrons. The van der Waals surface area contributed by atoms with Gasteiger partial charge >= 0.3 is 107 Å². The summed E-state index contributed by atoms with van der Waals surface area (Å²) in [4.78, 5) is 60.5. The number of carboxylic acid groups (broad SMARTS) is 6. The first-order valence-electron chi connectivity index (χ1n) is 7.31. The van der Waals surface area contributed by atoms with Crippen LogP contribution in [0.4, 0.5) is 0 Å². The van der Waals surface area contributed by atoms with E-state index in [4.69, 9.17) is 30.6 Å². The van der Waals surface area contributed by atoms with Gasteiger partial charge in [-0.3, -0.25) is 9.59 Å². The second kappa shape index (κ2) is 22.5. The first-order valence-corrected chi connectivity index (χ1v) is 7.31. The van der Waals surface area contributed by atoms with E-state index in [1.165, 1.54) is 0 Å². The maximum absolute atomic E-state index is 10.3. The summed E-state index contributed by atoms with van der Waals surface area (Å²) in [6.07, 6.45) is -5.00. The molecule has 18 heteroatoms. The van der Waals surface area contributed by atoms with E-state index in [-0.39, 0.29) is 95.3 Å². The molecular formula is C14H19Na3O15. The third kappa shape index (κ3) is 24.3. The van der Waals surface area contributed by atoms with Gasteiger partial charge in [0.25, 0.3) is 0 Å². The Labute approximate surface area is 247 Å². The van der Waals surface area contributed by atoms with Gasteiger partial charge in [0.1, 0.15) is 5.60 Å². The Bertz CT molecular complexity index is 538. The van der Waals surface area contributed by atoms with Crippen molar-refractivity contribution < 1.29 is 163 Å². The number of aliphatic hydroxyl groups excluding tert-OH is 1. The van der Waals surface area contributed by atoms with Gasteiger partial charge in [-0.1, -0.05) is 0 Å². The predicted octanol–water partition coefficient (Wildman–Crippen LogP) is -15.5. The van der Waals surface area contributed by atoms with E-state index in [1.807, 2.05) is 0 Å². The van der Waals surface area contributed by atoms with E-state index < -0.39 is 72.7 Å². The fourth-order valence-corrected chi connectivity index (χ4v) is 1.40. The van der Waals surface area contributed by atoms with Crippen LogP contribution in [-0.2, 0) is 28.8 Å². The van der Waals surface area contributed by atoms with E-state index in [0.717, 1.165) is 0 Å². The number of rotatable bonds is 10. The van der Waals surface area contributed by atoms with Gasteiger partial charge in [0, 0.05) is 31.4 Å². The van der Waals surface area contributed by atoms with Crippen LogP contribution in [0.3, 0.4) is 0 Å². The molecule has 0 aromatic rings. The summed E-state index contributed by atoms with van der Waals surface area (Å²) in [7, 11) is 0. The van der Waals surface area contributed by atoms with Crippen LogP contribution in [0.5, 0.6) is 0 Å². The van der Waals surface area contributed by atoms with Crippen LogP contribution >= 0.6 is 0 Å². The molecule has 0 atom stereocenters. The maximum atomic E-state index is 10.3. The Morgan fingerprint density at radius 2 is 0.906 bits per heavy atom. The first kappa shape index (κ1) is 45.2. The number of hydrogen-bond donors (Lipinski definition) is 6. The second-order valence-corrected chi connectivity index (χ2v) is 5.21. The molecule has 168 valence electrons. The fourth-order valence-electron chi connectivity index (χ4n) is 1.40. The summed E-state index contributed by atoms with van der Waals surface area (Å²) in [6.45, 7) is 1.93. The minimum atomic E-state index is -2.97. The third-order valence-electron chi connectivity index (χ3n) is 2.54. The summed E-state index contributed by atoms with van der Waals surface area (Å²) in [6, 6.07) is 0. The molecule has 0 aliphatic heterocycles. The van der Waals surface area contributed by atoms with E-state index in [9.17, 15) is 44.1 Å². The van der Waals surface area contributed by atoms with Crippen molar-refractivity contribution in [3.8, 4) is 0 Å². The topological polar surface area (TPSA) is 293 Å². The van der Waals surface area contributed by atoms with Crippen molar-refractivity contribution >= 4 is 35.8 Å². The molecule has 0 saturated carbocycles. The summed E-state index contributed by atoms with van der Waals surface area (Å²) in [5.74, 6) is -11.0. The molecule has 0 aromatic heterocycles. The van der Waals surface area contributed by atoms with Crippen molar-refractivity contribution in [3.05, 3.63) is 0 Å². The molecule has 0 saturated heterocycles. The standard InChI is InChI=1S/2C6H8O7.C2H6O.3Na/c2*7-3(8)1-6(13,5(11)12)2-4(9)10;1-2-3;;;/h2*13H,1-2H2,(H,7,8)(H,9,10)(H,11,12);3H,2H2,1H3;;;/q;;;3*+1/p-3. The van der Waals surface area contributed by atoms with Crippen molar-refractivity contribution in [2.24, 2.45) is 0 Å². The van der Waals surface area contributed by atoms with Gasteiger partial charge in [-0.2, -0.15) is 0 Å². The zero-order chi connectivity index (χ0) is 24.0. The zero-order valence-electron chi connectivity index (χ0n) is 17.9. The number of aliphatic hydroxyl groups is 3. The van der Waals surface area contributed by atoms with Crippen LogP contribution in [0.15, 0.2) is 0 Å². The summed E-state index contributed by atoms with van der Waals surface area (Å²) >= 11 is 0. The molecule has 0 aliphatic carbocycles. The Kier molecular flexibility index (Phi) is 31.8. The number of carbonyl (C=O) groups excluding carboxylic acids is 3. The molecule has 6 N–H and O–H groups in total. The Balaban J connectivity index is -0.0000000866. The Morgan fingerprint density at radius 3 is 1.03 bits per heavy atom. The molecule has 0 aliphatic rings. The molecule has 0 aromatic carbocycles. The molecule has 0 bridgehead atoms. The van der Waals surface area contributed by atoms with Crippen molar-refractivity contribution in [1.29, 1.82) is 0 Å². The van der Waals surface area contributed by atoms with Crippen LogP contribution in [0.25, 0.3) is 0 Å². The molecule has 0 unspecified atom stereocenters. The summed E-state index contributed by atoms with van der Waals surface area (Å²) in [5, 5.41) is 80.3. The van der Waals surface area contributed by atoms with Crippen molar-refractivity contribution in [3.63, 3.8) is 0 Å². The smallest absolute Gasteiger partial charge is 0.550 e. The molecule has 0 spiro atoms. The van der Waals surface area contributed by atoms with Gasteiger partial charge < -0.3 is 60.3 Å². The van der Waals surface area contributed by atoms with E-state index >= 15 is 0 Å². The molecule has 15 nitrogen and oxygen atoms in total. The molecule has 0 rings (SSSR count). The van der Waals surface area contributed by atoms with Crippen LogP contribution in [0.2, 0.25) is 0 Å². The number of aliphatic carboxylic acids is 6. The van der Waals surface area contributed by atoms with Crippen LogP contribution < -0.4 is 104 Å². The third-order valence-corrected chi connectivity index (χ3v) is 2.54. The summed E-state index contributed by atoms with van der Waals surface area (Å²) in [5.41, 5.74) is -5.71. The Hall–Kier alpha value is -0.300. The van der Waals surface area contributed by atoms with E-state index in [2.05, 4.69) is 0 Å². The van der Waals surface area contributed by atoms with E-state index in [1.54, 1.807) is 6.92 Å². The van der Waals surface area contributed by atoms with Gasteiger partial charge in [0.15, 0.2) is 5.60 Å². The van der Waals surface area contributed by atoms with Gasteiger partial charge in [-0.25, -0.2) is 4.79 Å². The minimum absolute atomic E-state index is 0. The summed E-state index contributed by atoms with van der Waals surface area (Å²) < 4.78 is 0. The van der Waals surface area contributed by atoms with Gasteiger partial charge in [0.2, 0.25) is 0 Å². The maximum Gasteiger partial charge on any atom is 1.00 e. The normalized spacial score (nSPS) is 9.38. The van der Waals surface area contributed by atoms with Crippen LogP contribution in [0, 0.1) is 0 Å². The average Bonchev–Trinajstić information content (AvgIpc) is 2.44. The van der Waals surface area contributed by atoms with Crippen molar-refractivity contribution in [2.75, 3.05) is 6.61 Å². The zero-order valence-corrected chi connectivity index (χ0v) is 23.9. The molecule has 32 heavy (non-hydrogen) atoms.